The Morgan fingerprint density at radius 3 is 2.68 bits per heavy atom. The van der Waals surface area contributed by atoms with Crippen LogP contribution in [0.3, 0.4) is 0 Å². The number of rotatable bonds is 6. The maximum absolute atomic E-state index is 13.3. The molecule has 6 nitrogen and oxygen atoms in total. The van der Waals surface area contributed by atoms with Crippen LogP contribution in [0.5, 0.6) is 0 Å². The van der Waals surface area contributed by atoms with Crippen molar-refractivity contribution in [3.63, 3.8) is 0 Å². The zero-order valence-corrected chi connectivity index (χ0v) is 16.6. The molecular weight excluding hydrogens is 376 g/mol. The minimum atomic E-state index is -3.85. The van der Waals surface area contributed by atoms with Gasteiger partial charge < -0.3 is 9.64 Å². The lowest BCUT2D eigenvalue weighted by atomic mass is 10.2. The summed E-state index contributed by atoms with van der Waals surface area (Å²) in [4.78, 5) is 14.6. The van der Waals surface area contributed by atoms with Crippen LogP contribution in [0.4, 0.5) is 5.69 Å². The number of ether oxygens (including phenoxy) is 1. The predicted molar refractivity (Wildman–Crippen MR) is 109 cm³/mol. The summed E-state index contributed by atoms with van der Waals surface area (Å²) in [7, 11) is -3.85. The van der Waals surface area contributed by atoms with Gasteiger partial charge in [-0.05, 0) is 37.3 Å². The lowest BCUT2D eigenvalue weighted by Crippen LogP contribution is -2.44. The van der Waals surface area contributed by atoms with Gasteiger partial charge in [-0.1, -0.05) is 30.3 Å². The van der Waals surface area contributed by atoms with Crippen LogP contribution >= 0.6 is 0 Å². The van der Waals surface area contributed by atoms with E-state index in [1.54, 1.807) is 41.3 Å². The van der Waals surface area contributed by atoms with Crippen LogP contribution in [0.25, 0.3) is 0 Å². The number of para-hydroxylation sites is 1. The van der Waals surface area contributed by atoms with E-state index in [9.17, 15) is 13.2 Å². The largest absolute Gasteiger partial charge is 0.375 e. The Morgan fingerprint density at radius 1 is 1.25 bits per heavy atom. The van der Waals surface area contributed by atoms with Gasteiger partial charge >= 0.3 is 0 Å². The van der Waals surface area contributed by atoms with Crippen LogP contribution in [-0.2, 0) is 14.8 Å². The van der Waals surface area contributed by atoms with Crippen LogP contribution < -0.4 is 4.31 Å². The quantitative estimate of drug-likeness (QED) is 0.700. The highest BCUT2D eigenvalue weighted by Crippen LogP contribution is 2.24. The molecule has 1 aliphatic heterocycles. The molecule has 7 heteroatoms. The molecule has 0 radical (unpaired) electrons. The van der Waals surface area contributed by atoms with Gasteiger partial charge in [-0.2, -0.15) is 0 Å². The number of hydrogen-bond donors (Lipinski definition) is 0. The van der Waals surface area contributed by atoms with Crippen molar-refractivity contribution in [1.82, 2.24) is 4.90 Å². The van der Waals surface area contributed by atoms with Gasteiger partial charge in [-0.3, -0.25) is 9.10 Å². The van der Waals surface area contributed by atoms with E-state index in [0.29, 0.717) is 30.9 Å². The third-order valence-corrected chi connectivity index (χ3v) is 6.33. The zero-order chi connectivity index (χ0) is 20.1. The Labute approximate surface area is 166 Å². The van der Waals surface area contributed by atoms with Gasteiger partial charge in [0.05, 0.1) is 29.8 Å². The van der Waals surface area contributed by atoms with E-state index in [4.69, 9.17) is 4.74 Å². The molecule has 1 atom stereocenters. The third kappa shape index (κ3) is 4.26. The summed E-state index contributed by atoms with van der Waals surface area (Å²) in [6, 6.07) is 15.0. The average molecular weight is 401 g/mol. The highest BCUT2D eigenvalue weighted by Gasteiger charge is 2.27. The summed E-state index contributed by atoms with van der Waals surface area (Å²) < 4.78 is 33.3. The van der Waals surface area contributed by atoms with Crippen LogP contribution in [0, 0.1) is 0 Å². The van der Waals surface area contributed by atoms with Gasteiger partial charge in [0, 0.05) is 18.7 Å². The molecule has 1 unspecified atom stereocenters. The first-order valence-electron chi connectivity index (χ1n) is 9.13. The van der Waals surface area contributed by atoms with Crippen LogP contribution in [0.15, 0.2) is 72.1 Å². The second-order valence-electron chi connectivity index (χ2n) is 6.62. The number of nitrogens with zero attached hydrogens (tertiary/aromatic N) is 2. The molecule has 1 heterocycles. The monoisotopic (exact) mass is 400 g/mol. The molecule has 0 aliphatic carbocycles. The smallest absolute Gasteiger partial charge is 0.264 e. The highest BCUT2D eigenvalue weighted by atomic mass is 32.2. The first-order valence-corrected chi connectivity index (χ1v) is 10.6. The second kappa shape index (κ2) is 8.58. The molecule has 0 spiro atoms. The van der Waals surface area contributed by atoms with Crippen molar-refractivity contribution in [3.05, 3.63) is 72.8 Å². The van der Waals surface area contributed by atoms with Gasteiger partial charge in [0.15, 0.2) is 0 Å². The van der Waals surface area contributed by atoms with E-state index in [-0.39, 0.29) is 23.5 Å². The van der Waals surface area contributed by atoms with Crippen LogP contribution in [-0.4, -0.2) is 51.6 Å². The maximum atomic E-state index is 13.3. The topological polar surface area (TPSA) is 66.9 Å². The number of carbonyl (C=O) groups is 1. The van der Waals surface area contributed by atoms with E-state index < -0.39 is 10.0 Å². The third-order valence-electron chi connectivity index (χ3n) is 4.54. The van der Waals surface area contributed by atoms with Gasteiger partial charge in [0.25, 0.3) is 15.9 Å². The van der Waals surface area contributed by atoms with Gasteiger partial charge in [0.2, 0.25) is 0 Å². The lowest BCUT2D eigenvalue weighted by molar-refractivity contribution is -0.0124. The molecule has 0 aromatic heterocycles. The fraction of sp³-hybridized carbons (Fsp3) is 0.286. The van der Waals surface area contributed by atoms with E-state index in [1.165, 1.54) is 22.5 Å². The molecule has 0 saturated carbocycles. The summed E-state index contributed by atoms with van der Waals surface area (Å²) in [5.41, 5.74) is 0.892. The molecule has 1 fully saturated rings. The molecule has 0 N–H and O–H groups in total. The van der Waals surface area contributed by atoms with Gasteiger partial charge in [0.1, 0.15) is 0 Å². The van der Waals surface area contributed by atoms with Gasteiger partial charge in [-0.25, -0.2) is 8.42 Å². The fourth-order valence-electron chi connectivity index (χ4n) is 3.16. The Kier molecular flexibility index (Phi) is 6.16. The van der Waals surface area contributed by atoms with E-state index in [1.807, 2.05) is 13.0 Å². The lowest BCUT2D eigenvalue weighted by Gasteiger charge is -2.31. The first kappa shape index (κ1) is 20.1. The van der Waals surface area contributed by atoms with Crippen molar-refractivity contribution < 1.29 is 17.9 Å². The fourth-order valence-corrected chi connectivity index (χ4v) is 4.64. The number of hydrogen-bond acceptors (Lipinski definition) is 4. The number of benzene rings is 2. The molecule has 3 rings (SSSR count). The molecule has 2 aromatic carbocycles. The molecular formula is C21H24N2O4S. The van der Waals surface area contributed by atoms with Crippen molar-refractivity contribution in [2.24, 2.45) is 0 Å². The Balaban J connectivity index is 1.93. The highest BCUT2D eigenvalue weighted by molar-refractivity contribution is 7.92. The Hall–Kier alpha value is -2.64. The minimum Gasteiger partial charge on any atom is -0.375 e. The van der Waals surface area contributed by atoms with Crippen molar-refractivity contribution in [2.75, 3.05) is 30.5 Å². The van der Waals surface area contributed by atoms with Gasteiger partial charge in [-0.15, -0.1) is 6.58 Å². The number of carbonyl (C=O) groups excluding carboxylic acids is 1. The number of morpholine rings is 1. The standard InChI is InChI=1S/C21H24N2O4S/c1-3-12-23(19-9-5-4-6-10-19)28(25,26)20-11-7-8-18(15-20)21(24)22-13-14-27-17(2)16-22/h3-11,15,17H,1,12-14,16H2,2H3. The molecule has 148 valence electrons. The van der Waals surface area contributed by atoms with Crippen LogP contribution in [0.1, 0.15) is 17.3 Å². The Morgan fingerprint density at radius 2 is 2.00 bits per heavy atom. The summed E-state index contributed by atoms with van der Waals surface area (Å²) in [6.07, 6.45) is 1.50. The predicted octanol–water partition coefficient (Wildman–Crippen LogP) is 2.93. The maximum Gasteiger partial charge on any atom is 0.264 e. The summed E-state index contributed by atoms with van der Waals surface area (Å²) in [5.74, 6) is -0.192. The summed E-state index contributed by atoms with van der Waals surface area (Å²) in [5, 5.41) is 0. The Bertz CT molecular complexity index is 944. The normalized spacial score (nSPS) is 17.2. The average Bonchev–Trinajstić information content (AvgIpc) is 2.72. The molecule has 1 aliphatic rings. The van der Waals surface area contributed by atoms with E-state index >= 15 is 0 Å². The number of amides is 1. The van der Waals surface area contributed by atoms with Crippen molar-refractivity contribution in [1.29, 1.82) is 0 Å². The summed E-state index contributed by atoms with van der Waals surface area (Å²) >= 11 is 0. The minimum absolute atomic E-state index is 0.0363. The second-order valence-corrected chi connectivity index (χ2v) is 8.48. The van der Waals surface area contributed by atoms with E-state index in [2.05, 4.69) is 6.58 Å². The molecule has 28 heavy (non-hydrogen) atoms. The first-order chi connectivity index (χ1) is 13.4. The SMILES string of the molecule is C=CCN(c1ccccc1)S(=O)(=O)c1cccc(C(=O)N2CCOC(C)C2)c1. The molecule has 1 saturated heterocycles. The van der Waals surface area contributed by atoms with Crippen molar-refractivity contribution in [3.8, 4) is 0 Å². The summed E-state index contributed by atoms with van der Waals surface area (Å²) in [6.45, 7) is 7.17. The van der Waals surface area contributed by atoms with Crippen LogP contribution in [0.2, 0.25) is 0 Å². The zero-order valence-electron chi connectivity index (χ0n) is 15.8. The van der Waals surface area contributed by atoms with E-state index in [0.717, 1.165) is 0 Å². The van der Waals surface area contributed by atoms with Crippen molar-refractivity contribution >= 4 is 21.6 Å². The number of anilines is 1. The number of sulfonamides is 1. The molecule has 2 aromatic rings. The molecule has 1 amide bonds. The van der Waals surface area contributed by atoms with Crippen molar-refractivity contribution in [2.45, 2.75) is 17.9 Å². The molecule has 0 bridgehead atoms.